The van der Waals surface area contributed by atoms with E-state index >= 15 is 0 Å². The molecular formula is C22H25F2N3O3. The first-order chi connectivity index (χ1) is 14.2. The minimum Gasteiger partial charge on any atom is -0.451 e. The molecule has 0 saturated carbocycles. The van der Waals surface area contributed by atoms with Crippen LogP contribution < -0.4 is 10.6 Å². The molecule has 1 aromatic heterocycles. The molecule has 0 saturated heterocycles. The van der Waals surface area contributed by atoms with Gasteiger partial charge in [0.2, 0.25) is 5.91 Å². The lowest BCUT2D eigenvalue weighted by atomic mass is 10.1. The van der Waals surface area contributed by atoms with E-state index in [-0.39, 0.29) is 24.0 Å². The average Bonchev–Trinajstić information content (AvgIpc) is 2.71. The second-order valence-electron chi connectivity index (χ2n) is 6.10. The van der Waals surface area contributed by atoms with Gasteiger partial charge in [0.25, 0.3) is 5.91 Å². The molecule has 30 heavy (non-hydrogen) atoms. The first-order valence-corrected chi connectivity index (χ1v) is 9.19. The molecular weight excluding hydrogens is 392 g/mol. The van der Waals surface area contributed by atoms with Gasteiger partial charge in [0, 0.05) is 24.9 Å². The quantitative estimate of drug-likeness (QED) is 0.530. The minimum absolute atomic E-state index is 0.0482. The van der Waals surface area contributed by atoms with Crippen molar-refractivity contribution in [2.45, 2.75) is 20.3 Å². The highest BCUT2D eigenvalue weighted by atomic mass is 19.1. The average molecular weight is 417 g/mol. The Labute approximate surface area is 174 Å². The van der Waals surface area contributed by atoms with Crippen LogP contribution in [-0.4, -0.2) is 30.4 Å². The molecule has 0 spiro atoms. The van der Waals surface area contributed by atoms with Crippen molar-refractivity contribution in [1.82, 2.24) is 15.6 Å². The van der Waals surface area contributed by atoms with Crippen LogP contribution in [0.25, 0.3) is 16.9 Å². The number of likely N-dealkylation sites (N-methyl/N-ethyl adjacent to an activating group) is 1. The van der Waals surface area contributed by atoms with Crippen LogP contribution in [0.4, 0.5) is 8.78 Å². The summed E-state index contributed by atoms with van der Waals surface area (Å²) in [6, 6.07) is 6.25. The highest BCUT2D eigenvalue weighted by molar-refractivity contribution is 5.94. The molecule has 0 aliphatic rings. The maximum Gasteiger partial charge on any atom is 0.286 e. The molecule has 0 unspecified atom stereocenters. The van der Waals surface area contributed by atoms with Crippen molar-refractivity contribution >= 4 is 17.6 Å². The zero-order valence-corrected chi connectivity index (χ0v) is 17.2. The van der Waals surface area contributed by atoms with Crippen molar-refractivity contribution in [3.63, 3.8) is 0 Å². The van der Waals surface area contributed by atoms with Gasteiger partial charge < -0.3 is 15.4 Å². The number of halogens is 2. The molecule has 2 amide bonds. The summed E-state index contributed by atoms with van der Waals surface area (Å²) in [7, 11) is 1.44. The molecule has 160 valence electrons. The molecule has 0 bridgehead atoms. The van der Waals surface area contributed by atoms with Crippen molar-refractivity contribution in [2.75, 3.05) is 13.6 Å². The lowest BCUT2D eigenvalue weighted by Crippen LogP contribution is -2.36. The largest absolute Gasteiger partial charge is 0.451 e. The lowest BCUT2D eigenvalue weighted by molar-refractivity contribution is -0.125. The predicted molar refractivity (Wildman–Crippen MR) is 112 cm³/mol. The van der Waals surface area contributed by atoms with Gasteiger partial charge in [-0.05, 0) is 23.8 Å². The van der Waals surface area contributed by atoms with Gasteiger partial charge >= 0.3 is 0 Å². The van der Waals surface area contributed by atoms with E-state index in [9.17, 15) is 18.4 Å². The number of aromatic nitrogens is 1. The van der Waals surface area contributed by atoms with Crippen LogP contribution in [0.2, 0.25) is 0 Å². The Morgan fingerprint density at radius 2 is 1.67 bits per heavy atom. The second kappa shape index (κ2) is 12.1. The normalized spacial score (nSPS) is 9.63. The third-order valence-electron chi connectivity index (χ3n) is 3.43. The van der Waals surface area contributed by atoms with E-state index < -0.39 is 17.5 Å². The molecule has 0 atom stereocenters. The summed E-state index contributed by atoms with van der Waals surface area (Å²) < 4.78 is 31.8. The van der Waals surface area contributed by atoms with Gasteiger partial charge in [-0.25, -0.2) is 8.78 Å². The van der Waals surface area contributed by atoms with Crippen LogP contribution in [0.15, 0.2) is 55.4 Å². The fraction of sp³-hybridized carbons (Fsp3) is 0.227. The van der Waals surface area contributed by atoms with Gasteiger partial charge in [-0.1, -0.05) is 39.5 Å². The van der Waals surface area contributed by atoms with E-state index in [2.05, 4.69) is 42.6 Å². The van der Waals surface area contributed by atoms with Gasteiger partial charge in [0.05, 0.1) is 6.54 Å². The van der Waals surface area contributed by atoms with Gasteiger partial charge in [-0.15, -0.1) is 0 Å². The molecule has 6 nitrogen and oxygen atoms in total. The lowest BCUT2D eigenvalue weighted by Gasteiger charge is -2.11. The molecule has 0 aliphatic carbocycles. The van der Waals surface area contributed by atoms with E-state index in [1.54, 1.807) is 6.07 Å². The Morgan fingerprint density at radius 3 is 2.17 bits per heavy atom. The van der Waals surface area contributed by atoms with Gasteiger partial charge in [-0.3, -0.25) is 14.6 Å². The Morgan fingerprint density at radius 1 is 1.07 bits per heavy atom. The molecule has 1 heterocycles. The molecule has 2 rings (SSSR count). The number of pyridine rings is 1. The fourth-order valence-corrected chi connectivity index (χ4v) is 2.04. The number of carbonyl (C=O) groups is 2. The van der Waals surface area contributed by atoms with Crippen molar-refractivity contribution in [3.05, 3.63) is 72.8 Å². The van der Waals surface area contributed by atoms with E-state index in [0.717, 1.165) is 6.07 Å². The van der Waals surface area contributed by atoms with E-state index in [1.165, 1.54) is 37.9 Å². The molecule has 1 aromatic carbocycles. The first kappa shape index (κ1) is 24.5. The third kappa shape index (κ3) is 7.83. The molecule has 0 radical (unpaired) electrons. The second-order valence-corrected chi connectivity index (χ2v) is 6.10. The number of amides is 2. The van der Waals surface area contributed by atoms with E-state index in [0.29, 0.717) is 16.8 Å². The van der Waals surface area contributed by atoms with Crippen LogP contribution in [0.5, 0.6) is 0 Å². The summed E-state index contributed by atoms with van der Waals surface area (Å²) in [5.41, 5.74) is 1.12. The Bertz CT molecular complexity index is 892. The van der Waals surface area contributed by atoms with Gasteiger partial charge in [0.1, 0.15) is 23.1 Å². The summed E-state index contributed by atoms with van der Waals surface area (Å²) >= 11 is 0. The van der Waals surface area contributed by atoms with Crippen LogP contribution in [0.3, 0.4) is 0 Å². The van der Waals surface area contributed by atoms with Gasteiger partial charge in [-0.2, -0.15) is 0 Å². The minimum atomic E-state index is -0.694. The predicted octanol–water partition coefficient (Wildman–Crippen LogP) is 3.81. The summed E-state index contributed by atoms with van der Waals surface area (Å²) in [5.74, 6) is -2.65. The number of hydrogen-bond donors (Lipinski definition) is 2. The summed E-state index contributed by atoms with van der Waals surface area (Å²) in [6.07, 6.45) is 2.65. The van der Waals surface area contributed by atoms with Crippen molar-refractivity contribution in [3.8, 4) is 11.1 Å². The first-order valence-electron chi connectivity index (χ1n) is 9.19. The number of rotatable bonds is 7. The van der Waals surface area contributed by atoms with Crippen LogP contribution >= 0.6 is 0 Å². The van der Waals surface area contributed by atoms with Crippen LogP contribution in [-0.2, 0) is 14.3 Å². The number of carbonyl (C=O) groups excluding carboxylic acids is 2. The molecule has 2 aromatic rings. The van der Waals surface area contributed by atoms with Gasteiger partial charge in [0.15, 0.2) is 5.76 Å². The number of hydrogen-bond acceptors (Lipinski definition) is 4. The maximum absolute atomic E-state index is 13.3. The van der Waals surface area contributed by atoms with Crippen LogP contribution in [0, 0.1) is 11.6 Å². The van der Waals surface area contributed by atoms with E-state index in [4.69, 9.17) is 4.74 Å². The highest BCUT2D eigenvalue weighted by Crippen LogP contribution is 2.23. The van der Waals surface area contributed by atoms with Crippen molar-refractivity contribution in [2.24, 2.45) is 0 Å². The SMILES string of the molecule is C=C(OC(=C)c1ccc(-c2cc(F)cc(F)c2)cn1)C(=O)NCC(=O)NC.CCC. The summed E-state index contributed by atoms with van der Waals surface area (Å²) in [6.45, 7) is 11.2. The standard InChI is InChI=1S/C19H17F2N3O3.C3H8/c1-11(27-12(2)19(26)24-10-18(25)22-3)17-5-4-13(9-23-17)14-6-15(20)8-16(21)7-14;1-3-2/h4-9H,1-2,10H2,3H3,(H,22,25)(H,24,26);3H2,1-2H3. The zero-order chi connectivity index (χ0) is 22.7. The number of benzene rings is 1. The number of nitrogens with one attached hydrogen (secondary N) is 2. The molecule has 8 heteroatoms. The zero-order valence-electron chi connectivity index (χ0n) is 17.2. The Kier molecular flexibility index (Phi) is 9.88. The summed E-state index contributed by atoms with van der Waals surface area (Å²) in [5, 5.41) is 4.68. The van der Waals surface area contributed by atoms with Crippen molar-refractivity contribution < 1.29 is 23.1 Å². The smallest absolute Gasteiger partial charge is 0.286 e. The molecule has 0 aliphatic heterocycles. The highest BCUT2D eigenvalue weighted by Gasteiger charge is 2.13. The number of ether oxygens (including phenoxy) is 1. The Balaban J connectivity index is 0.00000141. The third-order valence-corrected chi connectivity index (χ3v) is 3.43. The molecule has 2 N–H and O–H groups in total. The summed E-state index contributed by atoms with van der Waals surface area (Å²) in [4.78, 5) is 27.0. The Hall–Kier alpha value is -3.55. The maximum atomic E-state index is 13.3. The number of nitrogens with zero attached hydrogens (tertiary/aromatic N) is 1. The topological polar surface area (TPSA) is 80.3 Å². The van der Waals surface area contributed by atoms with Crippen LogP contribution in [0.1, 0.15) is 26.0 Å². The van der Waals surface area contributed by atoms with E-state index in [1.807, 2.05) is 0 Å². The fourth-order valence-electron chi connectivity index (χ4n) is 2.04. The monoisotopic (exact) mass is 417 g/mol. The van der Waals surface area contributed by atoms with Crippen molar-refractivity contribution in [1.29, 1.82) is 0 Å². The molecule has 0 fully saturated rings.